The summed E-state index contributed by atoms with van der Waals surface area (Å²) in [5.74, 6) is 0.113. The summed E-state index contributed by atoms with van der Waals surface area (Å²) in [5.41, 5.74) is 5.35. The van der Waals surface area contributed by atoms with E-state index in [2.05, 4.69) is 24.5 Å². The number of hydrogen-bond donors (Lipinski definition) is 3. The molecule has 0 heterocycles. The Kier molecular flexibility index (Phi) is 6.49. The Labute approximate surface area is 86.6 Å². The summed E-state index contributed by atoms with van der Waals surface area (Å²) >= 11 is 0. The number of nitrogens with one attached hydrogen (secondary N) is 2. The average Bonchev–Trinajstić information content (AvgIpc) is 2.16. The smallest absolute Gasteiger partial charge is 0.220 e. The van der Waals surface area contributed by atoms with E-state index in [4.69, 9.17) is 5.73 Å². The van der Waals surface area contributed by atoms with E-state index in [1.165, 1.54) is 0 Å². The fourth-order valence-electron chi connectivity index (χ4n) is 0.969. The molecule has 0 aromatic rings. The van der Waals surface area contributed by atoms with E-state index in [-0.39, 0.29) is 11.4 Å². The van der Waals surface area contributed by atoms with Gasteiger partial charge in [0.25, 0.3) is 0 Å². The summed E-state index contributed by atoms with van der Waals surface area (Å²) in [6.07, 6.45) is 2.26. The number of amides is 1. The van der Waals surface area contributed by atoms with Crippen LogP contribution in [0.15, 0.2) is 0 Å². The van der Waals surface area contributed by atoms with Gasteiger partial charge in [0.05, 0.1) is 0 Å². The molecule has 4 heteroatoms. The summed E-state index contributed by atoms with van der Waals surface area (Å²) in [6.45, 7) is 5.48. The number of rotatable bonds is 7. The first-order valence-electron chi connectivity index (χ1n) is 5.17. The van der Waals surface area contributed by atoms with Gasteiger partial charge in [-0.3, -0.25) is 4.79 Å². The summed E-state index contributed by atoms with van der Waals surface area (Å²) in [4.78, 5) is 11.3. The minimum absolute atomic E-state index is 0.0329. The maximum atomic E-state index is 11.3. The van der Waals surface area contributed by atoms with Crippen LogP contribution in [0.5, 0.6) is 0 Å². The average molecular weight is 201 g/mol. The lowest BCUT2D eigenvalue weighted by atomic mass is 9.99. The van der Waals surface area contributed by atoms with Crippen LogP contribution in [0.25, 0.3) is 0 Å². The van der Waals surface area contributed by atoms with E-state index < -0.39 is 0 Å². The van der Waals surface area contributed by atoms with Crippen molar-refractivity contribution < 1.29 is 4.79 Å². The Morgan fingerprint density at radius 3 is 2.57 bits per heavy atom. The van der Waals surface area contributed by atoms with Crippen molar-refractivity contribution >= 4 is 5.91 Å². The molecular formula is C10H23N3O. The van der Waals surface area contributed by atoms with E-state index in [1.807, 2.05) is 7.05 Å². The highest BCUT2D eigenvalue weighted by Gasteiger charge is 2.15. The Balaban J connectivity index is 3.53. The molecule has 14 heavy (non-hydrogen) atoms. The van der Waals surface area contributed by atoms with Crippen molar-refractivity contribution in [2.45, 2.75) is 38.6 Å². The molecule has 0 aliphatic carbocycles. The molecular weight excluding hydrogens is 178 g/mol. The number of carbonyl (C=O) groups is 1. The minimum atomic E-state index is 0.0329. The van der Waals surface area contributed by atoms with E-state index >= 15 is 0 Å². The normalized spacial score (nSPS) is 11.4. The van der Waals surface area contributed by atoms with Gasteiger partial charge in [-0.1, -0.05) is 0 Å². The molecule has 0 spiro atoms. The summed E-state index contributed by atoms with van der Waals surface area (Å²) in [5, 5.41) is 6.00. The fraction of sp³-hybridized carbons (Fsp3) is 0.900. The van der Waals surface area contributed by atoms with Gasteiger partial charge in [-0.25, -0.2) is 0 Å². The highest BCUT2D eigenvalue weighted by Crippen LogP contribution is 2.09. The van der Waals surface area contributed by atoms with E-state index in [9.17, 15) is 4.79 Å². The maximum absolute atomic E-state index is 11.3. The van der Waals surface area contributed by atoms with Crippen molar-refractivity contribution in [3.8, 4) is 0 Å². The predicted octanol–water partition coefficient (Wildman–Crippen LogP) is 0.230. The van der Waals surface area contributed by atoms with Crippen LogP contribution in [0, 0.1) is 0 Å². The zero-order valence-corrected chi connectivity index (χ0v) is 9.52. The van der Waals surface area contributed by atoms with Crippen molar-refractivity contribution in [1.29, 1.82) is 0 Å². The molecule has 0 aromatic carbocycles. The second kappa shape index (κ2) is 6.79. The maximum Gasteiger partial charge on any atom is 0.220 e. The highest BCUT2D eigenvalue weighted by atomic mass is 16.1. The minimum Gasteiger partial charge on any atom is -0.356 e. The zero-order valence-electron chi connectivity index (χ0n) is 9.52. The first-order valence-corrected chi connectivity index (χ1v) is 5.17. The zero-order chi connectivity index (χ0) is 11.0. The molecule has 4 nitrogen and oxygen atoms in total. The number of nitrogens with two attached hydrogens (primary N) is 1. The Morgan fingerprint density at radius 1 is 1.43 bits per heavy atom. The van der Waals surface area contributed by atoms with Crippen LogP contribution in [0.2, 0.25) is 0 Å². The van der Waals surface area contributed by atoms with Crippen LogP contribution in [0.4, 0.5) is 0 Å². The van der Waals surface area contributed by atoms with Crippen LogP contribution in [0.1, 0.15) is 33.1 Å². The van der Waals surface area contributed by atoms with Crippen LogP contribution >= 0.6 is 0 Å². The lowest BCUT2D eigenvalue weighted by molar-refractivity contribution is -0.121. The second-order valence-electron chi connectivity index (χ2n) is 4.13. The van der Waals surface area contributed by atoms with Crippen molar-refractivity contribution in [1.82, 2.24) is 10.6 Å². The molecule has 0 aliphatic heterocycles. The second-order valence-corrected chi connectivity index (χ2v) is 4.13. The Hall–Kier alpha value is -0.610. The van der Waals surface area contributed by atoms with Gasteiger partial charge in [0.15, 0.2) is 0 Å². The first-order chi connectivity index (χ1) is 6.52. The Bertz CT molecular complexity index is 169. The van der Waals surface area contributed by atoms with Crippen LogP contribution in [0.3, 0.4) is 0 Å². The molecule has 0 unspecified atom stereocenters. The monoisotopic (exact) mass is 201 g/mol. The summed E-state index contributed by atoms with van der Waals surface area (Å²) < 4.78 is 0. The van der Waals surface area contributed by atoms with Gasteiger partial charge in [0.2, 0.25) is 5.91 Å². The molecule has 0 atom stereocenters. The van der Waals surface area contributed by atoms with Crippen molar-refractivity contribution in [3.63, 3.8) is 0 Å². The molecule has 4 N–H and O–H groups in total. The van der Waals surface area contributed by atoms with Crippen molar-refractivity contribution in [2.24, 2.45) is 5.73 Å². The molecule has 84 valence electrons. The van der Waals surface area contributed by atoms with E-state index in [1.54, 1.807) is 0 Å². The predicted molar refractivity (Wildman–Crippen MR) is 59.1 cm³/mol. The van der Waals surface area contributed by atoms with Gasteiger partial charge in [-0.15, -0.1) is 0 Å². The van der Waals surface area contributed by atoms with Gasteiger partial charge >= 0.3 is 0 Å². The molecule has 0 saturated carbocycles. The molecule has 0 rings (SSSR count). The summed E-state index contributed by atoms with van der Waals surface area (Å²) in [7, 11) is 1.91. The van der Waals surface area contributed by atoms with Crippen LogP contribution < -0.4 is 16.4 Å². The van der Waals surface area contributed by atoms with Gasteiger partial charge in [-0.2, -0.15) is 0 Å². The molecule has 0 bridgehead atoms. The summed E-state index contributed by atoms with van der Waals surface area (Å²) in [6, 6.07) is 0. The standard InChI is InChI=1S/C10H23N3O/c1-10(2,12-3)6-5-9(14)13-8-4-7-11/h12H,4-8,11H2,1-3H3,(H,13,14). The molecule has 0 radical (unpaired) electrons. The van der Waals surface area contributed by atoms with Gasteiger partial charge in [-0.05, 0) is 40.3 Å². The largest absolute Gasteiger partial charge is 0.356 e. The lowest BCUT2D eigenvalue weighted by Gasteiger charge is -2.23. The third-order valence-corrected chi connectivity index (χ3v) is 2.36. The topological polar surface area (TPSA) is 67.2 Å². The van der Waals surface area contributed by atoms with Crippen molar-refractivity contribution in [2.75, 3.05) is 20.1 Å². The number of carbonyl (C=O) groups excluding carboxylic acids is 1. The lowest BCUT2D eigenvalue weighted by Crippen LogP contribution is -2.37. The van der Waals surface area contributed by atoms with Gasteiger partial charge in [0, 0.05) is 18.5 Å². The number of hydrogen-bond acceptors (Lipinski definition) is 3. The molecule has 0 fully saturated rings. The van der Waals surface area contributed by atoms with Crippen molar-refractivity contribution in [3.05, 3.63) is 0 Å². The SMILES string of the molecule is CNC(C)(C)CCC(=O)NCCCN. The van der Waals surface area contributed by atoms with Crippen LogP contribution in [-0.2, 0) is 4.79 Å². The third-order valence-electron chi connectivity index (χ3n) is 2.36. The van der Waals surface area contributed by atoms with E-state index in [0.29, 0.717) is 19.5 Å². The molecule has 0 aromatic heterocycles. The molecule has 0 saturated heterocycles. The van der Waals surface area contributed by atoms with Crippen LogP contribution in [-0.4, -0.2) is 31.6 Å². The third kappa shape index (κ3) is 6.86. The van der Waals surface area contributed by atoms with E-state index in [0.717, 1.165) is 12.8 Å². The van der Waals surface area contributed by atoms with Gasteiger partial charge in [0.1, 0.15) is 0 Å². The molecule has 1 amide bonds. The fourth-order valence-corrected chi connectivity index (χ4v) is 0.969. The molecule has 0 aliphatic rings. The first kappa shape index (κ1) is 13.4. The quantitative estimate of drug-likeness (QED) is 0.517. The Morgan fingerprint density at radius 2 is 2.07 bits per heavy atom. The highest BCUT2D eigenvalue weighted by molar-refractivity contribution is 5.75. The van der Waals surface area contributed by atoms with Gasteiger partial charge < -0.3 is 16.4 Å².